The summed E-state index contributed by atoms with van der Waals surface area (Å²) in [6.07, 6.45) is 9.87. The lowest BCUT2D eigenvalue weighted by Crippen LogP contribution is -2.37. The highest BCUT2D eigenvalue weighted by Gasteiger charge is 2.26. The minimum absolute atomic E-state index is 0.272. The van der Waals surface area contributed by atoms with E-state index in [0.29, 0.717) is 13.1 Å². The Balaban J connectivity index is 1.70. The highest BCUT2D eigenvalue weighted by atomic mass is 32.2. The summed E-state index contributed by atoms with van der Waals surface area (Å²) < 4.78 is 24.6. The molecule has 7 heteroatoms. The van der Waals surface area contributed by atoms with E-state index >= 15 is 0 Å². The van der Waals surface area contributed by atoms with E-state index in [-0.39, 0.29) is 5.92 Å². The molecule has 3 heterocycles. The number of hydrogen-bond acceptors (Lipinski definition) is 5. The first kappa shape index (κ1) is 15.1. The molecule has 2 aromatic rings. The van der Waals surface area contributed by atoms with E-state index < -0.39 is 10.0 Å². The number of piperidine rings is 1. The lowest BCUT2D eigenvalue weighted by molar-refractivity contribution is 0.318. The zero-order chi connectivity index (χ0) is 15.6. The molecule has 1 aliphatic rings. The molecule has 116 valence electrons. The van der Waals surface area contributed by atoms with Crippen LogP contribution in [0.5, 0.6) is 0 Å². The van der Waals surface area contributed by atoms with Crippen molar-refractivity contribution in [1.82, 2.24) is 19.3 Å². The van der Waals surface area contributed by atoms with Gasteiger partial charge in [0.2, 0.25) is 10.0 Å². The quantitative estimate of drug-likeness (QED) is 0.860. The van der Waals surface area contributed by atoms with Gasteiger partial charge in [-0.25, -0.2) is 12.7 Å². The van der Waals surface area contributed by atoms with Gasteiger partial charge in [0.25, 0.3) is 0 Å². The summed E-state index contributed by atoms with van der Waals surface area (Å²) in [6.45, 7) is 1.10. The van der Waals surface area contributed by atoms with Gasteiger partial charge in [0.05, 0.1) is 23.8 Å². The minimum atomic E-state index is -3.08. The van der Waals surface area contributed by atoms with Gasteiger partial charge in [-0.1, -0.05) is 0 Å². The molecule has 0 spiro atoms. The Kier molecular flexibility index (Phi) is 4.17. The maximum atomic E-state index is 11.5. The maximum absolute atomic E-state index is 11.5. The van der Waals surface area contributed by atoms with Crippen LogP contribution >= 0.6 is 0 Å². The highest BCUT2D eigenvalue weighted by molar-refractivity contribution is 7.88. The van der Waals surface area contributed by atoms with E-state index in [1.807, 2.05) is 12.1 Å². The van der Waals surface area contributed by atoms with Gasteiger partial charge in [0.15, 0.2) is 0 Å². The fourth-order valence-corrected chi connectivity index (χ4v) is 3.57. The summed E-state index contributed by atoms with van der Waals surface area (Å²) in [5, 5.41) is 0. The predicted molar refractivity (Wildman–Crippen MR) is 83.7 cm³/mol. The Morgan fingerprint density at radius 1 is 1.14 bits per heavy atom. The topological polar surface area (TPSA) is 76.1 Å². The van der Waals surface area contributed by atoms with Crippen LogP contribution in [0.15, 0.2) is 36.9 Å². The van der Waals surface area contributed by atoms with E-state index in [9.17, 15) is 8.42 Å². The smallest absolute Gasteiger partial charge is 0.211 e. The average molecular weight is 318 g/mol. The lowest BCUT2D eigenvalue weighted by atomic mass is 9.95. The Bertz CT molecular complexity index is 724. The maximum Gasteiger partial charge on any atom is 0.211 e. The van der Waals surface area contributed by atoms with Gasteiger partial charge in [-0.2, -0.15) is 0 Å². The van der Waals surface area contributed by atoms with Crippen LogP contribution in [-0.2, 0) is 10.0 Å². The molecular weight excluding hydrogens is 300 g/mol. The van der Waals surface area contributed by atoms with E-state index in [4.69, 9.17) is 0 Å². The third kappa shape index (κ3) is 3.31. The molecule has 0 radical (unpaired) electrons. The van der Waals surface area contributed by atoms with Crippen molar-refractivity contribution < 1.29 is 8.42 Å². The summed E-state index contributed by atoms with van der Waals surface area (Å²) in [7, 11) is -3.08. The van der Waals surface area contributed by atoms with E-state index in [1.54, 1.807) is 24.8 Å². The third-order valence-corrected chi connectivity index (χ3v) is 5.27. The molecule has 0 bridgehead atoms. The van der Waals surface area contributed by atoms with E-state index in [2.05, 4.69) is 15.0 Å². The minimum Gasteiger partial charge on any atom is -0.264 e. The van der Waals surface area contributed by atoms with Gasteiger partial charge >= 0.3 is 0 Å². The van der Waals surface area contributed by atoms with Crippen molar-refractivity contribution >= 4 is 10.0 Å². The molecule has 2 aromatic heterocycles. The Hall–Kier alpha value is -1.86. The molecule has 1 saturated heterocycles. The molecule has 6 nitrogen and oxygen atoms in total. The first-order chi connectivity index (χ1) is 10.5. The summed E-state index contributed by atoms with van der Waals surface area (Å²) in [5.41, 5.74) is 2.67. The number of hydrogen-bond donors (Lipinski definition) is 0. The molecule has 3 rings (SSSR count). The second-order valence-corrected chi connectivity index (χ2v) is 7.49. The van der Waals surface area contributed by atoms with Crippen LogP contribution in [0, 0.1) is 0 Å². The van der Waals surface area contributed by atoms with Gasteiger partial charge in [-0.3, -0.25) is 15.0 Å². The van der Waals surface area contributed by atoms with Crippen molar-refractivity contribution in [3.05, 3.63) is 42.6 Å². The van der Waals surface area contributed by atoms with Crippen molar-refractivity contribution in [2.45, 2.75) is 18.8 Å². The molecule has 0 aliphatic carbocycles. The molecule has 0 unspecified atom stereocenters. The molecule has 0 saturated carbocycles. The van der Waals surface area contributed by atoms with Crippen molar-refractivity contribution in [3.63, 3.8) is 0 Å². The molecule has 0 N–H and O–H groups in total. The first-order valence-corrected chi connectivity index (χ1v) is 9.06. The van der Waals surface area contributed by atoms with E-state index in [1.165, 1.54) is 10.6 Å². The van der Waals surface area contributed by atoms with Gasteiger partial charge < -0.3 is 0 Å². The molecule has 0 atom stereocenters. The summed E-state index contributed by atoms with van der Waals surface area (Å²) in [6, 6.07) is 3.81. The molecule has 0 aromatic carbocycles. The summed E-state index contributed by atoms with van der Waals surface area (Å²) in [5.74, 6) is 0.272. The van der Waals surface area contributed by atoms with Gasteiger partial charge in [-0.05, 0) is 25.0 Å². The summed E-state index contributed by atoms with van der Waals surface area (Å²) in [4.78, 5) is 13.0. The van der Waals surface area contributed by atoms with E-state index in [0.717, 1.165) is 29.8 Å². The van der Waals surface area contributed by atoms with Crippen LogP contribution in [0.4, 0.5) is 0 Å². The van der Waals surface area contributed by atoms with Crippen LogP contribution in [0.25, 0.3) is 11.3 Å². The number of pyridine rings is 1. The fraction of sp³-hybridized carbons (Fsp3) is 0.400. The van der Waals surface area contributed by atoms with Gasteiger partial charge in [0, 0.05) is 43.2 Å². The fourth-order valence-electron chi connectivity index (χ4n) is 2.70. The van der Waals surface area contributed by atoms with Crippen LogP contribution in [0.2, 0.25) is 0 Å². The van der Waals surface area contributed by atoms with Crippen molar-refractivity contribution in [2.24, 2.45) is 0 Å². The molecule has 1 fully saturated rings. The SMILES string of the molecule is CS(=O)(=O)N1CCC(c2cnc(-c3cccnc3)cn2)CC1. The van der Waals surface area contributed by atoms with Crippen LogP contribution in [-0.4, -0.2) is 47.0 Å². The molecule has 1 aliphatic heterocycles. The normalized spacial score (nSPS) is 17.5. The first-order valence-electron chi connectivity index (χ1n) is 7.21. The molecule has 22 heavy (non-hydrogen) atoms. The predicted octanol–water partition coefficient (Wildman–Crippen LogP) is 1.68. The average Bonchev–Trinajstić information content (AvgIpc) is 2.55. The number of rotatable bonds is 3. The standard InChI is InChI=1S/C15H18N4O2S/c1-22(20,21)19-7-4-12(5-8-19)14-10-18-15(11-17-14)13-3-2-6-16-9-13/h2-3,6,9-12H,4-5,7-8H2,1H3. The van der Waals surface area contributed by atoms with Gasteiger partial charge in [-0.15, -0.1) is 0 Å². The van der Waals surface area contributed by atoms with Crippen molar-refractivity contribution in [2.75, 3.05) is 19.3 Å². The molecular formula is C15H18N4O2S. The zero-order valence-corrected chi connectivity index (χ0v) is 13.2. The second-order valence-electron chi connectivity index (χ2n) is 5.50. The second kappa shape index (κ2) is 6.10. The van der Waals surface area contributed by atoms with Gasteiger partial charge in [0.1, 0.15) is 0 Å². The Morgan fingerprint density at radius 3 is 2.45 bits per heavy atom. The third-order valence-electron chi connectivity index (χ3n) is 3.97. The van der Waals surface area contributed by atoms with Crippen molar-refractivity contribution in [1.29, 1.82) is 0 Å². The summed E-state index contributed by atoms with van der Waals surface area (Å²) >= 11 is 0. The Labute approximate surface area is 130 Å². The number of nitrogens with zero attached hydrogens (tertiary/aromatic N) is 4. The van der Waals surface area contributed by atoms with Crippen LogP contribution in [0.1, 0.15) is 24.5 Å². The molecule has 0 amide bonds. The monoisotopic (exact) mass is 318 g/mol. The highest BCUT2D eigenvalue weighted by Crippen LogP contribution is 2.27. The lowest BCUT2D eigenvalue weighted by Gasteiger charge is -2.29. The largest absolute Gasteiger partial charge is 0.264 e. The Morgan fingerprint density at radius 2 is 1.91 bits per heavy atom. The number of sulfonamides is 1. The van der Waals surface area contributed by atoms with Crippen LogP contribution in [0.3, 0.4) is 0 Å². The number of aromatic nitrogens is 3. The zero-order valence-electron chi connectivity index (χ0n) is 12.4. The van der Waals surface area contributed by atoms with Crippen molar-refractivity contribution in [3.8, 4) is 11.3 Å². The van der Waals surface area contributed by atoms with Crippen LogP contribution < -0.4 is 0 Å².